The lowest BCUT2D eigenvalue weighted by atomic mass is 9.77. The van der Waals surface area contributed by atoms with Gasteiger partial charge in [-0.15, -0.1) is 0 Å². The van der Waals surface area contributed by atoms with Crippen LogP contribution in [0.2, 0.25) is 0 Å². The van der Waals surface area contributed by atoms with Crippen molar-refractivity contribution in [3.8, 4) is 0 Å². The van der Waals surface area contributed by atoms with Crippen LogP contribution in [0.5, 0.6) is 0 Å². The first-order valence-corrected chi connectivity index (χ1v) is 7.15. The van der Waals surface area contributed by atoms with E-state index < -0.39 is 5.54 Å². The van der Waals surface area contributed by atoms with Gasteiger partial charge < -0.3 is 5.32 Å². The molecule has 1 heteroatoms. The predicted molar refractivity (Wildman–Crippen MR) is 88.5 cm³/mol. The van der Waals surface area contributed by atoms with E-state index in [1.54, 1.807) is 0 Å². The van der Waals surface area contributed by atoms with E-state index in [2.05, 4.69) is 72.8 Å². The quantitative estimate of drug-likeness (QED) is 0.595. The minimum atomic E-state index is -0.455. The van der Waals surface area contributed by atoms with Crippen molar-refractivity contribution in [3.05, 3.63) is 113 Å². The Labute approximate surface area is 126 Å². The van der Waals surface area contributed by atoms with Crippen LogP contribution in [0, 0.1) is 0 Å². The summed E-state index contributed by atoms with van der Waals surface area (Å²) in [6.07, 6.45) is 0. The van der Waals surface area contributed by atoms with Crippen molar-refractivity contribution < 1.29 is 0 Å². The number of hydrogen-bond donors (Lipinski definition) is 0. The summed E-state index contributed by atoms with van der Waals surface area (Å²) in [5.74, 6) is 0. The third-order valence-electron chi connectivity index (χ3n) is 3.91. The van der Waals surface area contributed by atoms with E-state index in [-0.39, 0.29) is 0 Å². The molecule has 0 radical (unpaired) electrons. The minimum Gasteiger partial charge on any atom is -0.648 e. The van der Waals surface area contributed by atoms with Gasteiger partial charge in [0.2, 0.25) is 0 Å². The maximum absolute atomic E-state index is 4.83. The molecule has 0 spiro atoms. The maximum atomic E-state index is 4.83. The van der Waals surface area contributed by atoms with Crippen LogP contribution >= 0.6 is 0 Å². The number of hydrogen-bond acceptors (Lipinski definition) is 0. The zero-order valence-corrected chi connectivity index (χ0v) is 12.1. The summed E-state index contributed by atoms with van der Waals surface area (Å²) in [4.78, 5) is 0. The van der Waals surface area contributed by atoms with Gasteiger partial charge in [0.1, 0.15) is 0 Å². The standard InChI is InChI=1S/C20H18N/c1-21-20(17-11-5-2-6-12-17,18-13-7-3-8-14-18)19-15-9-4-10-16-19/h2-16H,1H3/q-1. The molecule has 3 aromatic rings. The largest absolute Gasteiger partial charge is 0.648 e. The summed E-state index contributed by atoms with van der Waals surface area (Å²) >= 11 is 0. The van der Waals surface area contributed by atoms with Gasteiger partial charge in [0.25, 0.3) is 0 Å². The third-order valence-corrected chi connectivity index (χ3v) is 3.91. The lowest BCUT2D eigenvalue weighted by Crippen LogP contribution is -2.27. The fraction of sp³-hybridized carbons (Fsp3) is 0.100. The Balaban J connectivity index is 2.29. The second kappa shape index (κ2) is 5.94. The predicted octanol–water partition coefficient (Wildman–Crippen LogP) is 4.98. The van der Waals surface area contributed by atoms with Crippen LogP contribution in [-0.2, 0) is 5.54 Å². The fourth-order valence-corrected chi connectivity index (χ4v) is 2.93. The highest BCUT2D eigenvalue weighted by atomic mass is 14.9. The van der Waals surface area contributed by atoms with Crippen LogP contribution in [0.15, 0.2) is 91.0 Å². The molecule has 0 aromatic heterocycles. The zero-order chi connectivity index (χ0) is 14.5. The average Bonchev–Trinajstić information content (AvgIpc) is 2.59. The molecule has 0 saturated carbocycles. The molecular formula is C20H18N-. The molecule has 0 aliphatic carbocycles. The van der Waals surface area contributed by atoms with Crippen molar-refractivity contribution in [1.29, 1.82) is 0 Å². The molecule has 0 aliphatic rings. The fourth-order valence-electron chi connectivity index (χ4n) is 2.93. The molecule has 0 aliphatic heterocycles. The van der Waals surface area contributed by atoms with Gasteiger partial charge >= 0.3 is 0 Å². The highest BCUT2D eigenvalue weighted by Gasteiger charge is 2.25. The molecule has 0 amide bonds. The van der Waals surface area contributed by atoms with Crippen molar-refractivity contribution in [2.45, 2.75) is 5.54 Å². The van der Waals surface area contributed by atoms with E-state index in [4.69, 9.17) is 5.32 Å². The van der Waals surface area contributed by atoms with Gasteiger partial charge in [-0.2, -0.15) is 7.05 Å². The summed E-state index contributed by atoms with van der Waals surface area (Å²) in [6, 6.07) is 31.4. The smallest absolute Gasteiger partial charge is 0.0453 e. The van der Waals surface area contributed by atoms with Gasteiger partial charge in [0.05, 0.1) is 0 Å². The Morgan fingerprint density at radius 3 is 1.05 bits per heavy atom. The molecule has 3 rings (SSSR count). The van der Waals surface area contributed by atoms with Gasteiger partial charge in [-0.3, -0.25) is 0 Å². The number of nitrogens with zero attached hydrogens (tertiary/aromatic N) is 1. The lowest BCUT2D eigenvalue weighted by Gasteiger charge is -2.47. The van der Waals surface area contributed by atoms with Gasteiger partial charge in [-0.1, -0.05) is 108 Å². The highest BCUT2D eigenvalue weighted by Crippen LogP contribution is 2.42. The second-order valence-corrected chi connectivity index (χ2v) is 5.03. The molecule has 0 bridgehead atoms. The van der Waals surface area contributed by atoms with E-state index in [1.165, 1.54) is 16.7 Å². The SMILES string of the molecule is C[N-]C(c1ccccc1)(c1ccccc1)c1ccccc1. The van der Waals surface area contributed by atoms with Crippen LogP contribution in [0.3, 0.4) is 0 Å². The van der Waals surface area contributed by atoms with Crippen molar-refractivity contribution in [2.75, 3.05) is 7.05 Å². The number of benzene rings is 3. The van der Waals surface area contributed by atoms with Crippen LogP contribution in [0.1, 0.15) is 16.7 Å². The normalized spacial score (nSPS) is 11.3. The Hall–Kier alpha value is -2.38. The van der Waals surface area contributed by atoms with Crippen LogP contribution < -0.4 is 0 Å². The monoisotopic (exact) mass is 272 g/mol. The Morgan fingerprint density at radius 1 is 0.524 bits per heavy atom. The lowest BCUT2D eigenvalue weighted by molar-refractivity contribution is 0.738. The van der Waals surface area contributed by atoms with E-state index in [0.717, 1.165) is 0 Å². The molecule has 21 heavy (non-hydrogen) atoms. The summed E-state index contributed by atoms with van der Waals surface area (Å²) in [5, 5.41) is 4.83. The summed E-state index contributed by atoms with van der Waals surface area (Å²) in [7, 11) is 1.90. The van der Waals surface area contributed by atoms with E-state index in [1.807, 2.05) is 25.2 Å². The second-order valence-electron chi connectivity index (χ2n) is 5.03. The highest BCUT2D eigenvalue weighted by molar-refractivity contribution is 5.54. The van der Waals surface area contributed by atoms with Gasteiger partial charge in [-0.25, -0.2) is 0 Å². The van der Waals surface area contributed by atoms with Crippen molar-refractivity contribution in [2.24, 2.45) is 0 Å². The molecule has 0 unspecified atom stereocenters. The Morgan fingerprint density at radius 2 is 0.810 bits per heavy atom. The third kappa shape index (κ3) is 2.37. The molecule has 1 nitrogen and oxygen atoms in total. The van der Waals surface area contributed by atoms with Gasteiger partial charge in [0, 0.05) is 0 Å². The molecule has 0 heterocycles. The summed E-state index contributed by atoms with van der Waals surface area (Å²) in [5.41, 5.74) is 3.10. The first kappa shape index (κ1) is 13.6. The van der Waals surface area contributed by atoms with Crippen LogP contribution in [0.4, 0.5) is 0 Å². The number of rotatable bonds is 4. The summed E-state index contributed by atoms with van der Waals surface area (Å²) < 4.78 is 0. The topological polar surface area (TPSA) is 14.1 Å². The van der Waals surface area contributed by atoms with E-state index >= 15 is 0 Å². The van der Waals surface area contributed by atoms with Crippen LogP contribution in [0.25, 0.3) is 5.32 Å². The Kier molecular flexibility index (Phi) is 3.85. The molecule has 0 fully saturated rings. The van der Waals surface area contributed by atoms with E-state index in [9.17, 15) is 0 Å². The van der Waals surface area contributed by atoms with Crippen molar-refractivity contribution in [1.82, 2.24) is 0 Å². The first-order valence-electron chi connectivity index (χ1n) is 7.15. The Bertz CT molecular complexity index is 578. The van der Waals surface area contributed by atoms with Crippen molar-refractivity contribution in [3.63, 3.8) is 0 Å². The van der Waals surface area contributed by atoms with Gasteiger partial charge in [0.15, 0.2) is 0 Å². The molecule has 0 saturated heterocycles. The van der Waals surface area contributed by atoms with Crippen LogP contribution in [-0.4, -0.2) is 7.05 Å². The minimum absolute atomic E-state index is 0.455. The molecule has 104 valence electrons. The molecule has 0 N–H and O–H groups in total. The molecule has 3 aromatic carbocycles. The van der Waals surface area contributed by atoms with Gasteiger partial charge in [-0.05, 0) is 5.54 Å². The average molecular weight is 272 g/mol. The first-order chi connectivity index (χ1) is 10.4. The zero-order valence-electron chi connectivity index (χ0n) is 12.1. The molecule has 0 atom stereocenters. The maximum Gasteiger partial charge on any atom is -0.0453 e. The van der Waals surface area contributed by atoms with E-state index in [0.29, 0.717) is 0 Å². The van der Waals surface area contributed by atoms with Crippen molar-refractivity contribution >= 4 is 0 Å². The molecular weight excluding hydrogens is 254 g/mol. The summed E-state index contributed by atoms with van der Waals surface area (Å²) in [6.45, 7) is 0.